The third-order valence-electron chi connectivity index (χ3n) is 8.94. The lowest BCUT2D eigenvalue weighted by atomic mass is 9.80. The first kappa shape index (κ1) is 26.3. The first-order valence-corrected chi connectivity index (χ1v) is 14.1. The van der Waals surface area contributed by atoms with E-state index in [-0.39, 0.29) is 30.3 Å². The van der Waals surface area contributed by atoms with Gasteiger partial charge in [0.1, 0.15) is 30.4 Å². The third kappa shape index (κ3) is 5.20. The summed E-state index contributed by atoms with van der Waals surface area (Å²) in [5, 5.41) is 3.14. The van der Waals surface area contributed by atoms with E-state index in [9.17, 15) is 14.4 Å². The Morgan fingerprint density at radius 3 is 2.46 bits per heavy atom. The number of ether oxygens (including phenoxy) is 2. The standard InChI is InChI=1S/C29H41N3O5/c1-3-15-31-16-11-21(12-17-31)20-7-9-22(10-8-20)27(34)30-29(13-5-4-6-14-29)28(35)32-18-24(36-2)26-25(32)23(33)19-37-26/h7-10,21,24-26H,3-6,11-19H2,1-2H3,(H,30,34)/t24-,25+,26+/m0/s1. The van der Waals surface area contributed by atoms with Crippen LogP contribution in [0.2, 0.25) is 0 Å². The lowest BCUT2D eigenvalue weighted by Gasteiger charge is -2.40. The van der Waals surface area contributed by atoms with E-state index in [1.807, 2.05) is 12.1 Å². The van der Waals surface area contributed by atoms with Crippen LogP contribution < -0.4 is 5.32 Å². The molecule has 5 rings (SSSR count). The van der Waals surface area contributed by atoms with Crippen molar-refractivity contribution in [1.82, 2.24) is 15.1 Å². The molecule has 1 aromatic carbocycles. The quantitative estimate of drug-likeness (QED) is 0.606. The fourth-order valence-corrected chi connectivity index (χ4v) is 6.85. The lowest BCUT2D eigenvalue weighted by molar-refractivity contribution is -0.143. The number of carbonyl (C=O) groups is 3. The molecule has 4 aliphatic rings. The van der Waals surface area contributed by atoms with E-state index in [0.29, 0.717) is 30.9 Å². The average Bonchev–Trinajstić information content (AvgIpc) is 3.49. The molecule has 8 heteroatoms. The molecule has 0 unspecified atom stereocenters. The highest BCUT2D eigenvalue weighted by Gasteiger charge is 2.56. The number of amides is 2. The number of fused-ring (bicyclic) bond motifs is 1. The van der Waals surface area contributed by atoms with E-state index in [0.717, 1.165) is 45.2 Å². The fourth-order valence-electron chi connectivity index (χ4n) is 6.85. The molecular formula is C29H41N3O5. The van der Waals surface area contributed by atoms with Crippen LogP contribution in [0.5, 0.6) is 0 Å². The van der Waals surface area contributed by atoms with Gasteiger partial charge in [-0.1, -0.05) is 38.3 Å². The van der Waals surface area contributed by atoms with Gasteiger partial charge in [-0.2, -0.15) is 0 Å². The highest BCUT2D eigenvalue weighted by Crippen LogP contribution is 2.36. The first-order valence-electron chi connectivity index (χ1n) is 14.1. The molecule has 1 aromatic rings. The van der Waals surface area contributed by atoms with Crippen molar-refractivity contribution in [2.75, 3.05) is 39.9 Å². The summed E-state index contributed by atoms with van der Waals surface area (Å²) in [5.41, 5.74) is 0.847. The van der Waals surface area contributed by atoms with Crippen LogP contribution in [0.25, 0.3) is 0 Å². The van der Waals surface area contributed by atoms with Gasteiger partial charge in [-0.15, -0.1) is 0 Å². The number of rotatable bonds is 7. The summed E-state index contributed by atoms with van der Waals surface area (Å²) in [7, 11) is 1.58. The van der Waals surface area contributed by atoms with Gasteiger partial charge in [-0.05, 0) is 75.4 Å². The Kier molecular flexibility index (Phi) is 7.98. The smallest absolute Gasteiger partial charge is 0.252 e. The lowest BCUT2D eigenvalue weighted by Crippen LogP contribution is -2.62. The van der Waals surface area contributed by atoms with Crippen LogP contribution >= 0.6 is 0 Å². The molecule has 202 valence electrons. The van der Waals surface area contributed by atoms with Gasteiger partial charge in [0.2, 0.25) is 5.91 Å². The van der Waals surface area contributed by atoms with E-state index in [2.05, 4.69) is 29.3 Å². The van der Waals surface area contributed by atoms with Crippen molar-refractivity contribution < 1.29 is 23.9 Å². The van der Waals surface area contributed by atoms with Crippen LogP contribution in [-0.4, -0.2) is 91.1 Å². The van der Waals surface area contributed by atoms with Crippen molar-refractivity contribution in [3.63, 3.8) is 0 Å². The van der Waals surface area contributed by atoms with E-state index >= 15 is 0 Å². The van der Waals surface area contributed by atoms with Gasteiger partial charge in [0.05, 0.1) is 6.54 Å². The van der Waals surface area contributed by atoms with E-state index in [1.165, 1.54) is 18.5 Å². The molecule has 0 spiro atoms. The van der Waals surface area contributed by atoms with Crippen LogP contribution in [-0.2, 0) is 19.1 Å². The highest BCUT2D eigenvalue weighted by molar-refractivity contribution is 6.01. The number of methoxy groups -OCH3 is 1. The number of nitrogens with one attached hydrogen (secondary N) is 1. The van der Waals surface area contributed by atoms with Crippen LogP contribution in [0.1, 0.15) is 80.1 Å². The van der Waals surface area contributed by atoms with Crippen molar-refractivity contribution in [3.05, 3.63) is 35.4 Å². The van der Waals surface area contributed by atoms with Crippen molar-refractivity contribution in [2.24, 2.45) is 0 Å². The molecule has 0 aromatic heterocycles. The van der Waals surface area contributed by atoms with Gasteiger partial charge in [0, 0.05) is 12.7 Å². The summed E-state index contributed by atoms with van der Waals surface area (Å²) in [4.78, 5) is 44.2. The average molecular weight is 512 g/mol. The molecule has 1 saturated carbocycles. The first-order chi connectivity index (χ1) is 18.0. The van der Waals surface area contributed by atoms with Gasteiger partial charge in [-0.25, -0.2) is 0 Å². The van der Waals surface area contributed by atoms with Gasteiger partial charge in [0.25, 0.3) is 5.91 Å². The van der Waals surface area contributed by atoms with Gasteiger partial charge in [0.15, 0.2) is 5.78 Å². The maximum atomic E-state index is 14.0. The summed E-state index contributed by atoms with van der Waals surface area (Å²) in [6.07, 6.45) is 6.62. The molecule has 37 heavy (non-hydrogen) atoms. The Morgan fingerprint density at radius 2 is 1.81 bits per heavy atom. The number of nitrogens with zero attached hydrogens (tertiary/aromatic N) is 2. The largest absolute Gasteiger partial charge is 0.377 e. The summed E-state index contributed by atoms with van der Waals surface area (Å²) >= 11 is 0. The number of carbonyl (C=O) groups excluding carboxylic acids is 3. The molecule has 3 saturated heterocycles. The molecule has 1 N–H and O–H groups in total. The molecule has 4 fully saturated rings. The molecule has 8 nitrogen and oxygen atoms in total. The highest BCUT2D eigenvalue weighted by atomic mass is 16.5. The summed E-state index contributed by atoms with van der Waals surface area (Å²) in [6, 6.07) is 7.31. The Balaban J connectivity index is 1.29. The second kappa shape index (κ2) is 11.2. The molecule has 3 aliphatic heterocycles. The van der Waals surface area contributed by atoms with Gasteiger partial charge in [-0.3, -0.25) is 14.4 Å². The second-order valence-corrected chi connectivity index (χ2v) is 11.3. The van der Waals surface area contributed by atoms with Crippen molar-refractivity contribution in [2.45, 2.75) is 88.0 Å². The normalized spacial score (nSPS) is 28.3. The topological polar surface area (TPSA) is 88.2 Å². The van der Waals surface area contributed by atoms with E-state index < -0.39 is 17.7 Å². The van der Waals surface area contributed by atoms with Gasteiger partial charge >= 0.3 is 0 Å². The summed E-state index contributed by atoms with van der Waals surface area (Å²) in [6.45, 7) is 5.95. The zero-order chi connectivity index (χ0) is 26.0. The molecule has 3 heterocycles. The zero-order valence-corrected chi connectivity index (χ0v) is 22.2. The summed E-state index contributed by atoms with van der Waals surface area (Å²) in [5.74, 6) is 0.0304. The molecule has 0 bridgehead atoms. The SMILES string of the molecule is CCCN1CCC(c2ccc(C(=O)NC3(C(=O)N4C[C@H](OC)[C@H]5OCC(=O)[C@H]54)CCCCC3)cc2)CC1. The minimum atomic E-state index is -1.00. The predicted octanol–water partition coefficient (Wildman–Crippen LogP) is 2.90. The Bertz CT molecular complexity index is 982. The third-order valence-corrected chi connectivity index (χ3v) is 8.94. The monoisotopic (exact) mass is 511 g/mol. The van der Waals surface area contributed by atoms with Gasteiger partial charge < -0.3 is 24.6 Å². The number of ketones is 1. The fraction of sp³-hybridized carbons (Fsp3) is 0.690. The zero-order valence-electron chi connectivity index (χ0n) is 22.2. The van der Waals surface area contributed by atoms with Crippen molar-refractivity contribution in [3.8, 4) is 0 Å². The second-order valence-electron chi connectivity index (χ2n) is 11.3. The number of hydrogen-bond donors (Lipinski definition) is 1. The maximum Gasteiger partial charge on any atom is 0.252 e. The molecule has 3 atom stereocenters. The molecule has 2 amide bonds. The number of hydrogen-bond acceptors (Lipinski definition) is 6. The molecular weight excluding hydrogens is 470 g/mol. The molecule has 1 aliphatic carbocycles. The van der Waals surface area contributed by atoms with Crippen LogP contribution in [0.4, 0.5) is 0 Å². The Labute approximate surface area is 220 Å². The van der Waals surface area contributed by atoms with Crippen LogP contribution in [0.3, 0.4) is 0 Å². The predicted molar refractivity (Wildman–Crippen MR) is 139 cm³/mol. The summed E-state index contributed by atoms with van der Waals surface area (Å²) < 4.78 is 11.2. The number of benzene rings is 1. The Morgan fingerprint density at radius 1 is 1.11 bits per heavy atom. The maximum absolute atomic E-state index is 14.0. The van der Waals surface area contributed by atoms with Crippen molar-refractivity contribution >= 4 is 17.6 Å². The van der Waals surface area contributed by atoms with E-state index in [4.69, 9.17) is 9.47 Å². The Hall–Kier alpha value is -2.29. The van der Waals surface area contributed by atoms with Crippen LogP contribution in [0, 0.1) is 0 Å². The number of likely N-dealkylation sites (tertiary alicyclic amines) is 2. The van der Waals surface area contributed by atoms with Crippen LogP contribution in [0.15, 0.2) is 24.3 Å². The molecule has 0 radical (unpaired) electrons. The minimum Gasteiger partial charge on any atom is -0.377 e. The minimum absolute atomic E-state index is 0.00229. The van der Waals surface area contributed by atoms with Crippen molar-refractivity contribution in [1.29, 1.82) is 0 Å². The number of Topliss-reactive ketones (excluding diaryl/α,β-unsaturated/α-hetero) is 1. The van der Waals surface area contributed by atoms with E-state index in [1.54, 1.807) is 12.0 Å². The number of piperidine rings is 1.